The summed E-state index contributed by atoms with van der Waals surface area (Å²) in [6, 6.07) is 0. The van der Waals surface area contributed by atoms with E-state index in [1.165, 1.54) is 5.57 Å². The van der Waals surface area contributed by atoms with Gasteiger partial charge in [-0.15, -0.1) is 24.8 Å². The van der Waals surface area contributed by atoms with Crippen LogP contribution in [0.1, 0.15) is 34.6 Å². The van der Waals surface area contributed by atoms with Gasteiger partial charge in [0.1, 0.15) is 0 Å². The van der Waals surface area contributed by atoms with Crippen LogP contribution >= 0.6 is 24.8 Å². The minimum Gasteiger partial charge on any atom is -0.147 e. The van der Waals surface area contributed by atoms with E-state index < -0.39 is 27.2 Å². The molecule has 0 spiro atoms. The Morgan fingerprint density at radius 1 is 0.773 bits per heavy atom. The molecule has 0 aliphatic heterocycles. The molecule has 1 nitrogen and oxygen atoms in total. The van der Waals surface area contributed by atoms with Crippen molar-refractivity contribution in [3.05, 3.63) is 20.6 Å². The fraction of sp³-hybridized carbons (Fsp3) is 0.750. The molecule has 0 heterocycles. The molecule has 0 aromatic rings. The molecule has 0 saturated carbocycles. The average Bonchev–Trinajstić information content (AvgIpc) is 2.36. The zero-order valence-corrected chi connectivity index (χ0v) is 21.6. The third kappa shape index (κ3) is 3.56. The molecule has 1 aliphatic rings. The predicted molar refractivity (Wildman–Crippen MR) is 110 cm³/mol. The second kappa shape index (κ2) is 7.19. The normalized spacial score (nSPS) is 19.1. The third-order valence-electron chi connectivity index (χ3n) is 5.82. The van der Waals surface area contributed by atoms with Gasteiger partial charge < -0.3 is 0 Å². The van der Waals surface area contributed by atoms with Crippen LogP contribution in [0.3, 0.4) is 0 Å². The van der Waals surface area contributed by atoms with Gasteiger partial charge in [0.25, 0.3) is 0 Å². The smallest absolute Gasteiger partial charge is 0.147 e. The van der Waals surface area contributed by atoms with Crippen molar-refractivity contribution in [1.29, 1.82) is 0 Å². The first-order chi connectivity index (χ1) is 8.60. The summed E-state index contributed by atoms with van der Waals surface area (Å²) >= 11 is -2.52. The van der Waals surface area contributed by atoms with Gasteiger partial charge in [-0.2, -0.15) is 0 Å². The SMILES string of the molecule is CC1=C(C)C(C)(C)[C]([Ti]([NH2])([Si](C)(C)C)[Si](C)(C)C)=C1C.Cl.Cl. The molecule has 0 bridgehead atoms. The molecule has 22 heavy (non-hydrogen) atoms. The van der Waals surface area contributed by atoms with E-state index in [2.05, 4.69) is 73.9 Å². The van der Waals surface area contributed by atoms with Gasteiger partial charge in [-0.25, -0.2) is 0 Å². The first kappa shape index (κ1) is 25.4. The Hall–Kier alpha value is 1.17. The van der Waals surface area contributed by atoms with E-state index in [9.17, 15) is 0 Å². The zero-order valence-electron chi connectivity index (χ0n) is 16.4. The van der Waals surface area contributed by atoms with Crippen LogP contribution in [0.15, 0.2) is 20.6 Å². The fourth-order valence-corrected chi connectivity index (χ4v) is 60.6. The van der Waals surface area contributed by atoms with E-state index in [1.54, 1.807) is 15.0 Å². The Morgan fingerprint density at radius 2 is 1.09 bits per heavy atom. The van der Waals surface area contributed by atoms with Gasteiger partial charge >= 0.3 is 131 Å². The van der Waals surface area contributed by atoms with Crippen molar-refractivity contribution in [3.63, 3.8) is 0 Å². The summed E-state index contributed by atoms with van der Waals surface area (Å²) in [6.45, 7) is 27.0. The molecule has 0 amide bonds. The fourth-order valence-electron chi connectivity index (χ4n) is 4.26. The van der Waals surface area contributed by atoms with E-state index >= 15 is 0 Å². The molecule has 0 radical (unpaired) electrons. The molecular formula is C16H37Cl2NSi2Ti. The van der Waals surface area contributed by atoms with Gasteiger partial charge in [0.2, 0.25) is 0 Å². The Kier molecular flexibility index (Phi) is 8.30. The molecule has 0 aromatic heterocycles. The van der Waals surface area contributed by atoms with Gasteiger partial charge in [0.15, 0.2) is 0 Å². The number of hydrogen-bond acceptors (Lipinski definition) is 1. The topological polar surface area (TPSA) is 26.0 Å². The Labute approximate surface area is 155 Å². The number of hydrogen-bond donors (Lipinski definition) is 1. The first-order valence-electron chi connectivity index (χ1n) is 7.79. The van der Waals surface area contributed by atoms with Crippen molar-refractivity contribution in [1.82, 2.24) is 0 Å². The van der Waals surface area contributed by atoms with Crippen LogP contribution in [-0.4, -0.2) is 11.9 Å². The van der Waals surface area contributed by atoms with Crippen molar-refractivity contribution < 1.29 is 15.4 Å². The molecule has 1 aliphatic carbocycles. The average molecular weight is 418 g/mol. The summed E-state index contributed by atoms with van der Waals surface area (Å²) in [4.78, 5) is 0. The van der Waals surface area contributed by atoms with Crippen LogP contribution in [0.5, 0.6) is 0 Å². The van der Waals surface area contributed by atoms with Crippen molar-refractivity contribution >= 4 is 36.7 Å². The molecule has 0 aromatic carbocycles. The number of halogens is 2. The first-order valence-corrected chi connectivity index (χ1v) is 21.2. The van der Waals surface area contributed by atoms with Crippen molar-refractivity contribution in [2.24, 2.45) is 9.63 Å². The van der Waals surface area contributed by atoms with Crippen LogP contribution in [-0.2, 0) is 15.4 Å². The summed E-state index contributed by atoms with van der Waals surface area (Å²) in [7, 11) is 0. The Bertz CT molecular complexity index is 483. The van der Waals surface area contributed by atoms with E-state index in [-0.39, 0.29) is 30.2 Å². The van der Waals surface area contributed by atoms with Crippen LogP contribution in [0, 0.1) is 5.41 Å². The quantitative estimate of drug-likeness (QED) is 0.545. The van der Waals surface area contributed by atoms with Gasteiger partial charge in [-0.3, -0.25) is 0 Å². The van der Waals surface area contributed by atoms with Crippen LogP contribution < -0.4 is 4.22 Å². The molecule has 0 saturated heterocycles. The molecule has 0 unspecified atom stereocenters. The molecule has 6 heteroatoms. The molecule has 0 atom stereocenters. The number of rotatable bonds is 3. The van der Waals surface area contributed by atoms with Gasteiger partial charge in [-0.1, -0.05) is 0 Å². The largest absolute Gasteiger partial charge is 0.147 e. The van der Waals surface area contributed by atoms with Crippen molar-refractivity contribution in [2.45, 2.75) is 73.9 Å². The minimum absolute atomic E-state index is 0. The summed E-state index contributed by atoms with van der Waals surface area (Å²) in [5, 5.41) is 0. The Morgan fingerprint density at radius 3 is 1.27 bits per heavy atom. The maximum absolute atomic E-state index is 7.47. The monoisotopic (exact) mass is 417 g/mol. The Balaban J connectivity index is 0. The summed E-state index contributed by atoms with van der Waals surface area (Å²) in [6.07, 6.45) is 0. The standard InChI is InChI=1S/C10H15.2C3H9Si.2ClH.H2N.Ti/c1-7-6-10(4,5)9(3)8(7)2;2*1-4(2)3;;;;/h1-5H3;2*1-3H3;2*1H;1H2;/q;;;;;-1;+1. The van der Waals surface area contributed by atoms with Crippen molar-refractivity contribution in [2.75, 3.05) is 0 Å². The summed E-state index contributed by atoms with van der Waals surface area (Å²) < 4.78 is 9.22. The van der Waals surface area contributed by atoms with E-state index in [0.29, 0.717) is 0 Å². The maximum Gasteiger partial charge on any atom is -0.147 e. The van der Waals surface area contributed by atoms with Gasteiger partial charge in [0.05, 0.1) is 0 Å². The van der Waals surface area contributed by atoms with E-state index in [4.69, 9.17) is 4.22 Å². The third-order valence-corrected chi connectivity index (χ3v) is 56.1. The van der Waals surface area contributed by atoms with E-state index in [1.807, 2.05) is 0 Å². The molecule has 132 valence electrons. The van der Waals surface area contributed by atoms with E-state index in [0.717, 1.165) is 0 Å². The predicted octanol–water partition coefficient (Wildman–Crippen LogP) is 6.18. The van der Waals surface area contributed by atoms with Crippen LogP contribution in [0.25, 0.3) is 0 Å². The maximum atomic E-state index is 7.47. The second-order valence-corrected chi connectivity index (χ2v) is 44.1. The molecule has 0 fully saturated rings. The second-order valence-electron chi connectivity index (χ2n) is 9.18. The zero-order chi connectivity index (χ0) is 16.3. The van der Waals surface area contributed by atoms with Crippen LogP contribution in [0.2, 0.25) is 39.3 Å². The minimum atomic E-state index is -2.52. The molecular weight excluding hydrogens is 381 g/mol. The van der Waals surface area contributed by atoms with Crippen LogP contribution in [0.4, 0.5) is 0 Å². The number of nitrogens with two attached hydrogens (primary N) is 1. The number of allylic oxidation sites excluding steroid dienone is 4. The van der Waals surface area contributed by atoms with Crippen molar-refractivity contribution in [3.8, 4) is 0 Å². The molecule has 1 rings (SSSR count). The van der Waals surface area contributed by atoms with Gasteiger partial charge in [-0.05, 0) is 0 Å². The molecule has 2 N–H and O–H groups in total. The van der Waals surface area contributed by atoms with Gasteiger partial charge in [0, 0.05) is 0 Å². The summed E-state index contributed by atoms with van der Waals surface area (Å²) in [5.41, 5.74) is 4.83. The summed E-state index contributed by atoms with van der Waals surface area (Å²) in [5.74, 6) is -2.72.